The molecular formula is C23H28ClN5O3S. The van der Waals surface area contributed by atoms with Crippen molar-refractivity contribution in [2.75, 3.05) is 35.5 Å². The normalized spacial score (nSPS) is 19.5. The van der Waals surface area contributed by atoms with Crippen LogP contribution in [0.15, 0.2) is 35.3 Å². The number of aryl methyl sites for hydroxylation is 1. The van der Waals surface area contributed by atoms with Crippen LogP contribution in [0.25, 0.3) is 10.9 Å². The first-order valence-corrected chi connectivity index (χ1v) is 12.9. The van der Waals surface area contributed by atoms with Crippen LogP contribution in [0.1, 0.15) is 20.3 Å². The van der Waals surface area contributed by atoms with Gasteiger partial charge in [-0.25, -0.2) is 4.98 Å². The van der Waals surface area contributed by atoms with E-state index in [2.05, 4.69) is 29.0 Å². The average Bonchev–Trinajstić information content (AvgIpc) is 2.76. The molecule has 0 radical (unpaired) electrons. The molecular weight excluding hydrogens is 462 g/mol. The maximum absolute atomic E-state index is 12.5. The highest BCUT2D eigenvalue weighted by Gasteiger charge is 2.24. The minimum absolute atomic E-state index is 0.0360. The Balaban J connectivity index is 1.63. The Morgan fingerprint density at radius 3 is 2.70 bits per heavy atom. The summed E-state index contributed by atoms with van der Waals surface area (Å²) < 4.78 is 18.4. The fourth-order valence-corrected chi connectivity index (χ4v) is 4.77. The molecule has 4 rings (SSSR count). The van der Waals surface area contributed by atoms with Crippen LogP contribution >= 0.6 is 11.6 Å². The van der Waals surface area contributed by atoms with E-state index in [1.165, 1.54) is 17.2 Å². The summed E-state index contributed by atoms with van der Waals surface area (Å²) >= 11 is 5.23. The standard InChI is InChI=1S/C23H28ClN5O3S/c1-14-7-15(2)12-29(11-14)23-25-10-18(24)21(27-23)26-17-5-6-19-16(8-17)9-20(22(30)28(19)3)32-13-33(4)31/h5-6,8-10,14-15H,7,11-13H2,1-4H3,(H,25,26,27)/t14-,15+,33-/m1/s1. The summed E-state index contributed by atoms with van der Waals surface area (Å²) in [7, 11) is 1.68. The number of hydrogen-bond acceptors (Lipinski definition) is 7. The zero-order valence-electron chi connectivity index (χ0n) is 19.2. The Bertz CT molecular complexity index is 1210. The van der Waals surface area contributed by atoms with Gasteiger partial charge in [0.15, 0.2) is 11.6 Å². The molecule has 3 heterocycles. The fraction of sp³-hybridized carbons (Fsp3) is 0.435. The van der Waals surface area contributed by atoms with Gasteiger partial charge in [0.1, 0.15) is 5.02 Å². The monoisotopic (exact) mass is 489 g/mol. The molecule has 1 saturated heterocycles. The van der Waals surface area contributed by atoms with Gasteiger partial charge in [-0.3, -0.25) is 4.79 Å². The van der Waals surface area contributed by atoms with E-state index in [1.807, 2.05) is 18.2 Å². The van der Waals surface area contributed by atoms with Crippen molar-refractivity contribution in [3.8, 4) is 5.75 Å². The summed E-state index contributed by atoms with van der Waals surface area (Å²) in [6.07, 6.45) is 4.35. The highest BCUT2D eigenvalue weighted by molar-refractivity contribution is 7.90. The Hall–Kier alpha value is -2.49. The Kier molecular flexibility index (Phi) is 7.02. The van der Waals surface area contributed by atoms with Gasteiger partial charge in [-0.1, -0.05) is 25.4 Å². The smallest absolute Gasteiger partial charge is 0.293 e. The van der Waals surface area contributed by atoms with Crippen LogP contribution in [0.2, 0.25) is 5.02 Å². The van der Waals surface area contributed by atoms with Crippen LogP contribution in [0.3, 0.4) is 0 Å². The first-order valence-electron chi connectivity index (χ1n) is 10.8. The molecule has 2 aromatic heterocycles. The van der Waals surface area contributed by atoms with E-state index in [9.17, 15) is 9.35 Å². The predicted octanol–water partition coefficient (Wildman–Crippen LogP) is 3.92. The molecule has 33 heavy (non-hydrogen) atoms. The van der Waals surface area contributed by atoms with Gasteiger partial charge >= 0.3 is 0 Å². The molecule has 0 amide bonds. The number of halogens is 1. The molecule has 0 bridgehead atoms. The third-order valence-electron chi connectivity index (χ3n) is 5.72. The number of rotatable bonds is 6. The average molecular weight is 490 g/mol. The van der Waals surface area contributed by atoms with Crippen LogP contribution in [0, 0.1) is 11.8 Å². The molecule has 10 heteroatoms. The highest BCUT2D eigenvalue weighted by atomic mass is 35.5. The van der Waals surface area contributed by atoms with E-state index < -0.39 is 11.2 Å². The van der Waals surface area contributed by atoms with E-state index in [0.717, 1.165) is 29.7 Å². The van der Waals surface area contributed by atoms with Crippen LogP contribution in [0.4, 0.5) is 17.5 Å². The van der Waals surface area contributed by atoms with Crippen molar-refractivity contribution in [3.05, 3.63) is 45.8 Å². The Labute approximate surface area is 201 Å². The molecule has 1 aromatic carbocycles. The minimum atomic E-state index is -1.17. The van der Waals surface area contributed by atoms with Gasteiger partial charge in [-0.05, 0) is 53.7 Å². The lowest BCUT2D eigenvalue weighted by Gasteiger charge is -2.35. The zero-order chi connectivity index (χ0) is 23.7. The Morgan fingerprint density at radius 2 is 2.00 bits per heavy atom. The molecule has 0 spiro atoms. The van der Waals surface area contributed by atoms with Gasteiger partial charge in [0.25, 0.3) is 5.56 Å². The second kappa shape index (κ2) is 9.79. The quantitative estimate of drug-likeness (QED) is 0.524. The predicted molar refractivity (Wildman–Crippen MR) is 134 cm³/mol. The van der Waals surface area contributed by atoms with E-state index in [1.54, 1.807) is 19.3 Å². The van der Waals surface area contributed by atoms with E-state index in [4.69, 9.17) is 21.3 Å². The third-order valence-corrected chi connectivity index (χ3v) is 6.44. The summed E-state index contributed by atoms with van der Waals surface area (Å²) in [5.74, 6) is 2.47. The number of aromatic nitrogens is 3. The van der Waals surface area contributed by atoms with Crippen molar-refractivity contribution in [1.82, 2.24) is 14.5 Å². The first kappa shape index (κ1) is 23.7. The number of anilines is 3. The molecule has 1 aliphatic heterocycles. The molecule has 3 aromatic rings. The van der Waals surface area contributed by atoms with Crippen molar-refractivity contribution < 1.29 is 9.29 Å². The topological polar surface area (TPSA) is 95.3 Å². The molecule has 0 saturated carbocycles. The van der Waals surface area contributed by atoms with Gasteiger partial charge in [-0.15, -0.1) is 0 Å². The minimum Gasteiger partial charge on any atom is -0.614 e. The molecule has 1 fully saturated rings. The van der Waals surface area contributed by atoms with E-state index >= 15 is 0 Å². The molecule has 0 aliphatic carbocycles. The SMILES string of the molecule is C[C@@H]1C[C@H](C)CN(c2ncc(Cl)c(Nc3ccc4c(c3)cc(OC[S@@+](C)[O-])c(=O)n4C)n2)C1. The zero-order valence-corrected chi connectivity index (χ0v) is 20.7. The number of pyridine rings is 1. The number of benzene rings is 1. The fourth-order valence-electron chi connectivity index (χ4n) is 4.34. The second-order valence-electron chi connectivity index (χ2n) is 8.82. The van der Waals surface area contributed by atoms with Crippen molar-refractivity contribution in [1.29, 1.82) is 0 Å². The third kappa shape index (κ3) is 5.37. The lowest BCUT2D eigenvalue weighted by atomic mass is 9.92. The summed E-state index contributed by atoms with van der Waals surface area (Å²) in [6, 6.07) is 7.28. The lowest BCUT2D eigenvalue weighted by Crippen LogP contribution is -2.39. The molecule has 176 valence electrons. The van der Waals surface area contributed by atoms with Crippen LogP contribution in [0.5, 0.6) is 5.75 Å². The number of ether oxygens (including phenoxy) is 1. The maximum atomic E-state index is 12.5. The second-order valence-corrected chi connectivity index (χ2v) is 10.6. The molecule has 1 N–H and O–H groups in total. The maximum Gasteiger partial charge on any atom is 0.293 e. The molecule has 8 nitrogen and oxygen atoms in total. The van der Waals surface area contributed by atoms with Gasteiger partial charge in [0, 0.05) is 31.2 Å². The summed E-state index contributed by atoms with van der Waals surface area (Å²) in [4.78, 5) is 23.9. The van der Waals surface area contributed by atoms with Gasteiger partial charge in [0.05, 0.1) is 18.0 Å². The van der Waals surface area contributed by atoms with Gasteiger partial charge in [-0.2, -0.15) is 4.98 Å². The number of nitrogens with zero attached hydrogens (tertiary/aromatic N) is 4. The summed E-state index contributed by atoms with van der Waals surface area (Å²) in [5, 5.41) is 4.50. The van der Waals surface area contributed by atoms with E-state index in [-0.39, 0.29) is 17.2 Å². The van der Waals surface area contributed by atoms with E-state index in [0.29, 0.717) is 28.6 Å². The van der Waals surface area contributed by atoms with Crippen LogP contribution < -0.4 is 20.5 Å². The van der Waals surface area contributed by atoms with Crippen molar-refractivity contribution >= 4 is 51.1 Å². The number of nitrogens with one attached hydrogen (secondary N) is 1. The van der Waals surface area contributed by atoms with Gasteiger partial charge in [0.2, 0.25) is 11.9 Å². The molecule has 1 aliphatic rings. The lowest BCUT2D eigenvalue weighted by molar-refractivity contribution is 0.353. The molecule has 0 unspecified atom stereocenters. The molecule has 3 atom stereocenters. The summed E-state index contributed by atoms with van der Waals surface area (Å²) in [5.41, 5.74) is 1.24. The van der Waals surface area contributed by atoms with Crippen LogP contribution in [-0.2, 0) is 18.2 Å². The number of hydrogen-bond donors (Lipinski definition) is 1. The van der Waals surface area contributed by atoms with Crippen LogP contribution in [-0.4, -0.2) is 44.4 Å². The highest BCUT2D eigenvalue weighted by Crippen LogP contribution is 2.29. The van der Waals surface area contributed by atoms with Crippen molar-refractivity contribution in [3.63, 3.8) is 0 Å². The first-order chi connectivity index (χ1) is 15.7. The largest absolute Gasteiger partial charge is 0.614 e. The summed E-state index contributed by atoms with van der Waals surface area (Å²) in [6.45, 7) is 6.33. The number of piperidine rings is 1. The Morgan fingerprint density at radius 1 is 1.27 bits per heavy atom. The van der Waals surface area contributed by atoms with Crippen molar-refractivity contribution in [2.45, 2.75) is 20.3 Å². The van der Waals surface area contributed by atoms with Gasteiger partial charge < -0.3 is 24.1 Å². The number of fused-ring (bicyclic) bond motifs is 1. The van der Waals surface area contributed by atoms with Crippen molar-refractivity contribution in [2.24, 2.45) is 18.9 Å².